The third-order valence-electron chi connectivity index (χ3n) is 6.60. The van der Waals surface area contributed by atoms with Crippen LogP contribution in [0.5, 0.6) is 0 Å². The first-order chi connectivity index (χ1) is 14.9. The van der Waals surface area contributed by atoms with Gasteiger partial charge < -0.3 is 0 Å². The predicted octanol–water partition coefficient (Wildman–Crippen LogP) is 8.90. The molecule has 162 valence electrons. The van der Waals surface area contributed by atoms with E-state index in [1.807, 2.05) is 6.08 Å². The highest BCUT2D eigenvalue weighted by Gasteiger charge is 2.34. The minimum absolute atomic E-state index is 0.0107. The summed E-state index contributed by atoms with van der Waals surface area (Å²) in [5.74, 6) is 0.181. The molecular weight excluding hydrogens is 400 g/mol. The number of allylic oxidation sites excluding steroid dienone is 1. The van der Waals surface area contributed by atoms with Crippen LogP contribution >= 0.6 is 0 Å². The van der Waals surface area contributed by atoms with Crippen molar-refractivity contribution in [3.05, 3.63) is 84.2 Å². The number of hydrogen-bond acceptors (Lipinski definition) is 0. The summed E-state index contributed by atoms with van der Waals surface area (Å²) in [6.07, 6.45) is 4.57. The first-order valence-electron chi connectivity index (χ1n) is 10.9. The van der Waals surface area contributed by atoms with E-state index in [0.717, 1.165) is 29.5 Å². The van der Waals surface area contributed by atoms with Crippen LogP contribution in [0.4, 0.5) is 17.6 Å². The molecule has 4 heteroatoms. The van der Waals surface area contributed by atoms with Crippen molar-refractivity contribution in [1.29, 1.82) is 0 Å². The van der Waals surface area contributed by atoms with Crippen LogP contribution in [0, 0.1) is 11.7 Å². The molecule has 3 aromatic carbocycles. The minimum atomic E-state index is -4.70. The zero-order valence-corrected chi connectivity index (χ0v) is 17.4. The Morgan fingerprint density at radius 2 is 1.55 bits per heavy atom. The van der Waals surface area contributed by atoms with Crippen molar-refractivity contribution in [3.8, 4) is 11.1 Å². The second-order valence-electron chi connectivity index (χ2n) is 8.57. The first kappa shape index (κ1) is 21.6. The molecule has 3 aromatic rings. The van der Waals surface area contributed by atoms with Gasteiger partial charge in [0.2, 0.25) is 0 Å². The number of alkyl halides is 3. The molecule has 0 heterocycles. The molecule has 0 radical (unpaired) electrons. The Hall–Kier alpha value is -2.62. The van der Waals surface area contributed by atoms with Gasteiger partial charge in [0.15, 0.2) is 0 Å². The van der Waals surface area contributed by atoms with Gasteiger partial charge in [-0.3, -0.25) is 0 Å². The standard InChI is InChI=1S/C27H26F4/c1-2-3-4-18-5-7-19(8-6-18)20-9-11-21(12-10-20)22-13-15-24-23(17-22)14-16-25(26(24)28)27(29,30)31/h2,9-19H,1,3-8H2. The first-order valence-corrected chi connectivity index (χ1v) is 10.9. The molecule has 4 rings (SSSR count). The number of hydrogen-bond donors (Lipinski definition) is 0. The second kappa shape index (κ2) is 8.86. The Bertz CT molecular complexity index is 1060. The summed E-state index contributed by atoms with van der Waals surface area (Å²) in [7, 11) is 0. The molecule has 0 N–H and O–H groups in total. The van der Waals surface area contributed by atoms with Crippen molar-refractivity contribution < 1.29 is 17.6 Å². The normalized spacial score (nSPS) is 19.5. The third-order valence-corrected chi connectivity index (χ3v) is 6.60. The number of fused-ring (bicyclic) bond motifs is 1. The summed E-state index contributed by atoms with van der Waals surface area (Å²) in [5, 5.41) is 0.452. The zero-order valence-electron chi connectivity index (χ0n) is 17.4. The van der Waals surface area contributed by atoms with E-state index in [1.54, 1.807) is 12.1 Å². The Balaban J connectivity index is 1.51. The van der Waals surface area contributed by atoms with Gasteiger partial charge >= 0.3 is 6.18 Å². The Labute approximate surface area is 180 Å². The van der Waals surface area contributed by atoms with Crippen molar-refractivity contribution in [2.75, 3.05) is 0 Å². The Kier molecular flexibility index (Phi) is 6.17. The van der Waals surface area contributed by atoms with Crippen LogP contribution in [0.2, 0.25) is 0 Å². The molecule has 0 atom stereocenters. The van der Waals surface area contributed by atoms with Gasteiger partial charge in [-0.2, -0.15) is 13.2 Å². The summed E-state index contributed by atoms with van der Waals surface area (Å²) in [6, 6.07) is 15.4. The highest BCUT2D eigenvalue weighted by atomic mass is 19.4. The molecule has 1 saturated carbocycles. The average molecular weight is 426 g/mol. The summed E-state index contributed by atoms with van der Waals surface area (Å²) in [4.78, 5) is 0. The van der Waals surface area contributed by atoms with Gasteiger partial charge in [-0.05, 0) is 84.6 Å². The van der Waals surface area contributed by atoms with Gasteiger partial charge in [0.1, 0.15) is 5.82 Å². The average Bonchev–Trinajstić information content (AvgIpc) is 2.77. The number of halogens is 4. The van der Waals surface area contributed by atoms with E-state index in [1.165, 1.54) is 49.8 Å². The Morgan fingerprint density at radius 1 is 0.871 bits per heavy atom. The van der Waals surface area contributed by atoms with E-state index >= 15 is 0 Å². The topological polar surface area (TPSA) is 0 Å². The summed E-state index contributed by atoms with van der Waals surface area (Å²) >= 11 is 0. The number of rotatable bonds is 5. The molecule has 0 spiro atoms. The molecule has 0 nitrogen and oxygen atoms in total. The van der Waals surface area contributed by atoms with Crippen molar-refractivity contribution in [2.24, 2.45) is 5.92 Å². The van der Waals surface area contributed by atoms with Crippen LogP contribution in [0.3, 0.4) is 0 Å². The second-order valence-corrected chi connectivity index (χ2v) is 8.57. The van der Waals surface area contributed by atoms with E-state index in [2.05, 4.69) is 30.8 Å². The molecule has 31 heavy (non-hydrogen) atoms. The maximum atomic E-state index is 14.3. The SMILES string of the molecule is C=CCCC1CCC(c2ccc(-c3ccc4c(F)c(C(F)(F)F)ccc4c3)cc2)CC1. The smallest absolute Gasteiger partial charge is 0.206 e. The lowest BCUT2D eigenvalue weighted by Crippen LogP contribution is -2.13. The van der Waals surface area contributed by atoms with Gasteiger partial charge in [-0.1, -0.05) is 48.5 Å². The van der Waals surface area contributed by atoms with Crippen molar-refractivity contribution in [2.45, 2.75) is 50.6 Å². The highest BCUT2D eigenvalue weighted by molar-refractivity contribution is 5.88. The lowest BCUT2D eigenvalue weighted by atomic mass is 9.77. The molecule has 1 fully saturated rings. The minimum Gasteiger partial charge on any atom is -0.206 e. The van der Waals surface area contributed by atoms with Crippen LogP contribution in [-0.4, -0.2) is 0 Å². The van der Waals surface area contributed by atoms with Crippen molar-refractivity contribution in [1.82, 2.24) is 0 Å². The van der Waals surface area contributed by atoms with Crippen molar-refractivity contribution in [3.63, 3.8) is 0 Å². The van der Waals surface area contributed by atoms with E-state index in [4.69, 9.17) is 0 Å². The maximum absolute atomic E-state index is 14.3. The Morgan fingerprint density at radius 3 is 2.19 bits per heavy atom. The lowest BCUT2D eigenvalue weighted by molar-refractivity contribution is -0.139. The molecule has 1 aliphatic carbocycles. The van der Waals surface area contributed by atoms with Crippen LogP contribution in [0.25, 0.3) is 21.9 Å². The molecule has 0 amide bonds. The fraction of sp³-hybridized carbons (Fsp3) is 0.333. The number of benzene rings is 3. The van der Waals surface area contributed by atoms with Gasteiger partial charge in [-0.15, -0.1) is 6.58 Å². The zero-order chi connectivity index (χ0) is 22.0. The van der Waals surface area contributed by atoms with E-state index in [9.17, 15) is 17.6 Å². The van der Waals surface area contributed by atoms with Crippen molar-refractivity contribution >= 4 is 10.8 Å². The van der Waals surface area contributed by atoms with Gasteiger partial charge in [0, 0.05) is 5.39 Å². The van der Waals surface area contributed by atoms with E-state index in [-0.39, 0.29) is 5.39 Å². The molecule has 0 bridgehead atoms. The van der Waals surface area contributed by atoms with Gasteiger partial charge in [0.05, 0.1) is 5.56 Å². The monoisotopic (exact) mass is 426 g/mol. The van der Waals surface area contributed by atoms with Crippen LogP contribution in [0.15, 0.2) is 67.3 Å². The fourth-order valence-electron chi connectivity index (χ4n) is 4.78. The molecular formula is C27H26F4. The molecule has 1 aliphatic rings. The van der Waals surface area contributed by atoms with Crippen LogP contribution in [-0.2, 0) is 6.18 Å². The molecule has 0 saturated heterocycles. The predicted molar refractivity (Wildman–Crippen MR) is 118 cm³/mol. The summed E-state index contributed by atoms with van der Waals surface area (Å²) in [5.41, 5.74) is 1.96. The third kappa shape index (κ3) is 4.68. The van der Waals surface area contributed by atoms with Crippen LogP contribution in [0.1, 0.15) is 55.6 Å². The summed E-state index contributed by atoms with van der Waals surface area (Å²) in [6.45, 7) is 3.81. The molecule has 0 aliphatic heterocycles. The largest absolute Gasteiger partial charge is 0.419 e. The quantitative estimate of drug-likeness (QED) is 0.282. The lowest BCUT2D eigenvalue weighted by Gasteiger charge is -2.28. The van der Waals surface area contributed by atoms with E-state index < -0.39 is 17.6 Å². The van der Waals surface area contributed by atoms with E-state index in [0.29, 0.717) is 11.3 Å². The molecule has 0 aromatic heterocycles. The van der Waals surface area contributed by atoms with Gasteiger partial charge in [0.25, 0.3) is 0 Å². The fourth-order valence-corrected chi connectivity index (χ4v) is 4.78. The highest BCUT2D eigenvalue weighted by Crippen LogP contribution is 2.39. The summed E-state index contributed by atoms with van der Waals surface area (Å²) < 4.78 is 53.2. The van der Waals surface area contributed by atoms with Crippen LogP contribution < -0.4 is 0 Å². The molecule has 0 unspecified atom stereocenters. The maximum Gasteiger partial charge on any atom is 0.419 e. The van der Waals surface area contributed by atoms with Gasteiger partial charge in [-0.25, -0.2) is 4.39 Å².